The molecule has 0 fully saturated rings. The van der Waals surface area contributed by atoms with Crippen molar-refractivity contribution in [3.63, 3.8) is 0 Å². The summed E-state index contributed by atoms with van der Waals surface area (Å²) < 4.78 is 0. The van der Waals surface area contributed by atoms with E-state index in [0.29, 0.717) is 0 Å². The van der Waals surface area contributed by atoms with E-state index in [2.05, 4.69) is 133 Å². The van der Waals surface area contributed by atoms with E-state index in [-0.39, 0.29) is 26.2 Å². The van der Waals surface area contributed by atoms with Gasteiger partial charge >= 0.3 is 26.2 Å². The first-order valence-corrected chi connectivity index (χ1v) is 12.4. The van der Waals surface area contributed by atoms with Crippen molar-refractivity contribution in [1.29, 1.82) is 0 Å². The van der Waals surface area contributed by atoms with Crippen molar-refractivity contribution in [1.82, 2.24) is 0 Å². The Morgan fingerprint density at radius 1 is 0.432 bits per heavy atom. The third-order valence-corrected chi connectivity index (χ3v) is 6.22. The molecule has 0 aromatic heterocycles. The molecular weight excluding hydrogens is 524 g/mol. The van der Waals surface area contributed by atoms with Gasteiger partial charge in [0.15, 0.2) is 0 Å². The van der Waals surface area contributed by atoms with E-state index >= 15 is 0 Å². The Balaban J connectivity index is 0.000000125. The molecule has 37 heavy (non-hydrogen) atoms. The Bertz CT molecular complexity index is 1440. The second kappa shape index (κ2) is 13.7. The Morgan fingerprint density at radius 2 is 0.730 bits per heavy atom. The van der Waals surface area contributed by atoms with E-state index in [1.165, 1.54) is 43.1 Å². The van der Waals surface area contributed by atoms with E-state index in [4.69, 9.17) is 0 Å². The summed E-state index contributed by atoms with van der Waals surface area (Å²) in [6.07, 6.45) is 20.0. The van der Waals surface area contributed by atoms with Crippen molar-refractivity contribution in [2.45, 2.75) is 12.8 Å². The molecule has 0 radical (unpaired) electrons. The maximum atomic E-state index is 2.99. The van der Waals surface area contributed by atoms with Gasteiger partial charge in [-0.1, -0.05) is 72.8 Å². The molecule has 0 amide bonds. The van der Waals surface area contributed by atoms with Gasteiger partial charge in [-0.05, 0) is 0 Å². The van der Waals surface area contributed by atoms with Crippen molar-refractivity contribution >= 4 is 43.1 Å². The molecule has 6 aromatic rings. The van der Waals surface area contributed by atoms with Crippen molar-refractivity contribution in [3.05, 3.63) is 158 Å². The van der Waals surface area contributed by atoms with Crippen LogP contribution in [0.25, 0.3) is 43.1 Å². The van der Waals surface area contributed by atoms with E-state index < -0.39 is 0 Å². The Kier molecular flexibility index (Phi) is 9.81. The van der Waals surface area contributed by atoms with Crippen molar-refractivity contribution in [2.75, 3.05) is 0 Å². The van der Waals surface area contributed by atoms with Gasteiger partial charge < -0.3 is 0 Å². The maximum absolute atomic E-state index is 2.99. The number of fused-ring (bicyclic) bond motifs is 6. The summed E-state index contributed by atoms with van der Waals surface area (Å²) in [7, 11) is 0. The van der Waals surface area contributed by atoms with Gasteiger partial charge in [-0.3, -0.25) is 12.2 Å². The molecule has 0 saturated carbocycles. The summed E-state index contributed by atoms with van der Waals surface area (Å²) in [6.45, 7) is 0. The zero-order valence-corrected chi connectivity index (χ0v) is 23.2. The second-order valence-corrected chi connectivity index (χ2v) is 8.64. The predicted molar refractivity (Wildman–Crippen MR) is 157 cm³/mol. The van der Waals surface area contributed by atoms with Crippen LogP contribution >= 0.6 is 0 Å². The summed E-state index contributed by atoms with van der Waals surface area (Å²) in [5.74, 6) is 0. The van der Waals surface area contributed by atoms with Crippen LogP contribution < -0.4 is 0 Å². The van der Waals surface area contributed by atoms with Crippen LogP contribution in [0.4, 0.5) is 0 Å². The molecule has 0 aliphatic heterocycles. The first kappa shape index (κ1) is 26.5. The largest absolute Gasteiger partial charge is 4.00 e. The van der Waals surface area contributed by atoms with Crippen LogP contribution in [-0.4, -0.2) is 0 Å². The third kappa shape index (κ3) is 6.82. The maximum Gasteiger partial charge on any atom is 4.00 e. The molecule has 0 bridgehead atoms. The summed E-state index contributed by atoms with van der Waals surface area (Å²) in [5, 5.41) is 10.8. The fraction of sp³-hybridized carbons (Fsp3) is 0.0556. The minimum absolute atomic E-state index is 0. The van der Waals surface area contributed by atoms with Crippen LogP contribution in [0.2, 0.25) is 0 Å². The Labute approximate surface area is 238 Å². The summed E-state index contributed by atoms with van der Waals surface area (Å²) >= 11 is 0. The standard InChI is InChI=1S/2C13H9.2C5H5.Zr/c2*1-3-7-12-10(5-1)9-11-6-2-4-8-13(11)12;2*1-2-4-5-3-1;/h2*1-9H;2*1-3H,4H2;/q4*-1;+4. The molecule has 2 aliphatic carbocycles. The molecule has 0 unspecified atom stereocenters. The van der Waals surface area contributed by atoms with Crippen molar-refractivity contribution in [2.24, 2.45) is 0 Å². The van der Waals surface area contributed by atoms with Gasteiger partial charge in [0, 0.05) is 0 Å². The molecular formula is C36H28Zr. The fourth-order valence-corrected chi connectivity index (χ4v) is 4.49. The molecule has 0 atom stereocenters. The number of allylic oxidation sites excluding steroid dienone is 8. The zero-order chi connectivity index (χ0) is 24.4. The topological polar surface area (TPSA) is 0 Å². The van der Waals surface area contributed by atoms with Crippen molar-refractivity contribution in [3.8, 4) is 0 Å². The molecule has 6 aromatic carbocycles. The molecule has 0 saturated heterocycles. The third-order valence-electron chi connectivity index (χ3n) is 6.22. The molecule has 0 nitrogen and oxygen atoms in total. The predicted octanol–water partition coefficient (Wildman–Crippen LogP) is 10.0. The molecule has 0 spiro atoms. The number of hydrogen-bond donors (Lipinski definition) is 0. The van der Waals surface area contributed by atoms with Crippen LogP contribution in [0, 0.1) is 12.2 Å². The van der Waals surface area contributed by atoms with E-state index in [1.807, 2.05) is 24.3 Å². The average molecular weight is 552 g/mol. The molecule has 176 valence electrons. The van der Waals surface area contributed by atoms with E-state index in [1.54, 1.807) is 0 Å². The number of benzene rings is 4. The summed E-state index contributed by atoms with van der Waals surface area (Å²) in [6, 6.07) is 38.5. The summed E-state index contributed by atoms with van der Waals surface area (Å²) in [5.41, 5.74) is 0. The van der Waals surface area contributed by atoms with Crippen LogP contribution in [-0.2, 0) is 26.2 Å². The van der Waals surface area contributed by atoms with Gasteiger partial charge in [0.25, 0.3) is 0 Å². The molecule has 8 rings (SSSR count). The first-order valence-electron chi connectivity index (χ1n) is 12.4. The minimum Gasteiger partial charge on any atom is -0.273 e. The first-order chi connectivity index (χ1) is 17.9. The molecule has 0 N–H and O–H groups in total. The molecule has 0 heterocycles. The fourth-order valence-electron chi connectivity index (χ4n) is 4.49. The Morgan fingerprint density at radius 3 is 0.946 bits per heavy atom. The van der Waals surface area contributed by atoms with Gasteiger partial charge in [0.2, 0.25) is 0 Å². The SMILES string of the molecule is [C-]1=CC=CC1.[C-]1=CC=CC1.[Zr+4].c1ccc2c(c1)[cH-]c1ccccc12.c1ccc2c(c1)[cH-]c1ccccc12. The zero-order valence-electron chi connectivity index (χ0n) is 20.8. The average Bonchev–Trinajstić information content (AvgIpc) is 3.77. The Hall–Kier alpha value is -3.54. The van der Waals surface area contributed by atoms with Crippen LogP contribution in [0.15, 0.2) is 146 Å². The quantitative estimate of drug-likeness (QED) is 0.165. The molecule has 2 aliphatic rings. The summed E-state index contributed by atoms with van der Waals surface area (Å²) in [4.78, 5) is 0. The number of hydrogen-bond acceptors (Lipinski definition) is 0. The van der Waals surface area contributed by atoms with Gasteiger partial charge in [0.05, 0.1) is 0 Å². The van der Waals surface area contributed by atoms with Crippen LogP contribution in [0.1, 0.15) is 12.8 Å². The van der Waals surface area contributed by atoms with Crippen molar-refractivity contribution < 1.29 is 26.2 Å². The smallest absolute Gasteiger partial charge is 0.273 e. The van der Waals surface area contributed by atoms with Crippen LogP contribution in [0.3, 0.4) is 0 Å². The van der Waals surface area contributed by atoms with Gasteiger partial charge in [0.1, 0.15) is 0 Å². The van der Waals surface area contributed by atoms with Gasteiger partial charge in [-0.25, -0.2) is 24.3 Å². The molecule has 1 heteroatoms. The van der Waals surface area contributed by atoms with Crippen LogP contribution in [0.5, 0.6) is 0 Å². The second-order valence-electron chi connectivity index (χ2n) is 8.64. The van der Waals surface area contributed by atoms with E-state index in [9.17, 15) is 0 Å². The van der Waals surface area contributed by atoms with Gasteiger partial charge in [-0.2, -0.15) is 12.2 Å². The normalized spacial score (nSPS) is 12.5. The van der Waals surface area contributed by atoms with Gasteiger partial charge in [-0.15, -0.1) is 92.3 Å². The minimum atomic E-state index is 0. The number of rotatable bonds is 0. The van der Waals surface area contributed by atoms with E-state index in [0.717, 1.165) is 12.8 Å². The monoisotopic (exact) mass is 550 g/mol.